The van der Waals surface area contributed by atoms with Gasteiger partial charge in [0, 0.05) is 22.9 Å². The van der Waals surface area contributed by atoms with Crippen molar-refractivity contribution in [1.29, 1.82) is 0 Å². The van der Waals surface area contributed by atoms with Gasteiger partial charge in [-0.1, -0.05) is 38.5 Å². The van der Waals surface area contributed by atoms with E-state index in [0.29, 0.717) is 18.8 Å². The average Bonchev–Trinajstić information content (AvgIpc) is 3.37. The quantitative estimate of drug-likeness (QED) is 0.142. The molecule has 7 nitrogen and oxygen atoms in total. The molecule has 1 heterocycles. The molecule has 0 fully saturated rings. The molecule has 7 heteroatoms. The first-order valence-electron chi connectivity index (χ1n) is 12.6. The van der Waals surface area contributed by atoms with Crippen molar-refractivity contribution in [1.82, 2.24) is 15.2 Å². The number of nitrogens with zero attached hydrogens (tertiary/aromatic N) is 3. The molecule has 0 bridgehead atoms. The Morgan fingerprint density at radius 2 is 1.57 bits per heavy atom. The minimum atomic E-state index is -0.300. The van der Waals surface area contributed by atoms with Gasteiger partial charge in [-0.15, -0.1) is 0 Å². The Kier molecular flexibility index (Phi) is 9.07. The first-order valence-corrected chi connectivity index (χ1v) is 12.6. The third kappa shape index (κ3) is 7.07. The van der Waals surface area contributed by atoms with Crippen LogP contribution >= 0.6 is 0 Å². The number of hydrogen-bond acceptors (Lipinski definition) is 5. The lowest BCUT2D eigenvalue weighted by Crippen LogP contribution is -2.17. The van der Waals surface area contributed by atoms with Gasteiger partial charge in [-0.2, -0.15) is 10.2 Å². The Bertz CT molecular complexity index is 1300. The summed E-state index contributed by atoms with van der Waals surface area (Å²) < 4.78 is 13.2. The molecule has 3 aromatic carbocycles. The molecule has 1 N–H and O–H groups in total. The fraction of sp³-hybridized carbons (Fsp3) is 0.233. The van der Waals surface area contributed by atoms with Crippen LogP contribution in [0.3, 0.4) is 0 Å². The normalized spacial score (nSPS) is 11.0. The van der Waals surface area contributed by atoms with E-state index in [2.05, 4.69) is 24.4 Å². The second-order valence-electron chi connectivity index (χ2n) is 8.51. The number of ether oxygens (including phenoxy) is 2. The molecule has 1 aromatic heterocycles. The van der Waals surface area contributed by atoms with E-state index < -0.39 is 0 Å². The number of carbonyl (C=O) groups excluding carboxylic acids is 1. The maximum Gasteiger partial charge on any atom is 0.271 e. The molecule has 37 heavy (non-hydrogen) atoms. The molecule has 0 saturated carbocycles. The van der Waals surface area contributed by atoms with Gasteiger partial charge in [-0.05, 0) is 73.5 Å². The minimum absolute atomic E-state index is 0.300. The maximum atomic E-state index is 12.6. The predicted octanol–water partition coefficient (Wildman–Crippen LogP) is 6.27. The van der Waals surface area contributed by atoms with Gasteiger partial charge >= 0.3 is 0 Å². The molecule has 0 saturated heterocycles. The van der Waals surface area contributed by atoms with Gasteiger partial charge < -0.3 is 9.47 Å². The Balaban J connectivity index is 1.50. The Labute approximate surface area is 217 Å². The van der Waals surface area contributed by atoms with Crippen LogP contribution in [0.2, 0.25) is 0 Å². The first kappa shape index (κ1) is 25.7. The highest BCUT2D eigenvalue weighted by Gasteiger charge is 2.12. The van der Waals surface area contributed by atoms with E-state index in [-0.39, 0.29) is 5.91 Å². The molecule has 0 spiro atoms. The van der Waals surface area contributed by atoms with Gasteiger partial charge in [0.25, 0.3) is 5.91 Å². The number of rotatable bonds is 12. The van der Waals surface area contributed by atoms with Crippen molar-refractivity contribution in [2.24, 2.45) is 5.10 Å². The topological polar surface area (TPSA) is 77.7 Å². The lowest BCUT2D eigenvalue weighted by atomic mass is 10.1. The van der Waals surface area contributed by atoms with Crippen molar-refractivity contribution in [3.8, 4) is 28.4 Å². The number of para-hydroxylation sites is 1. The van der Waals surface area contributed by atoms with Crippen molar-refractivity contribution < 1.29 is 14.3 Å². The summed E-state index contributed by atoms with van der Waals surface area (Å²) in [5.74, 6) is 1.26. The van der Waals surface area contributed by atoms with Crippen LogP contribution in [-0.2, 0) is 0 Å². The summed E-state index contributed by atoms with van der Waals surface area (Å²) in [6.45, 7) is 5.53. The zero-order valence-electron chi connectivity index (χ0n) is 21.3. The van der Waals surface area contributed by atoms with Gasteiger partial charge in [0.2, 0.25) is 0 Å². The smallest absolute Gasteiger partial charge is 0.271 e. The number of nitrogens with one attached hydrogen (secondary N) is 1. The molecular weight excluding hydrogens is 464 g/mol. The minimum Gasteiger partial charge on any atom is -0.494 e. The molecule has 0 unspecified atom stereocenters. The van der Waals surface area contributed by atoms with Gasteiger partial charge in [0.1, 0.15) is 17.2 Å². The van der Waals surface area contributed by atoms with Crippen molar-refractivity contribution in [2.45, 2.75) is 33.1 Å². The maximum absolute atomic E-state index is 12.6. The highest BCUT2D eigenvalue weighted by molar-refractivity contribution is 5.95. The van der Waals surface area contributed by atoms with Crippen LogP contribution in [0, 0.1) is 0 Å². The molecule has 0 atom stereocenters. The summed E-state index contributed by atoms with van der Waals surface area (Å²) in [4.78, 5) is 12.6. The fourth-order valence-electron chi connectivity index (χ4n) is 3.61. The number of carbonyl (C=O) groups is 1. The van der Waals surface area contributed by atoms with Crippen LogP contribution in [0.25, 0.3) is 16.9 Å². The summed E-state index contributed by atoms with van der Waals surface area (Å²) in [5, 5.41) is 9.02. The van der Waals surface area contributed by atoms with Crippen LogP contribution < -0.4 is 14.9 Å². The second kappa shape index (κ2) is 13.1. The van der Waals surface area contributed by atoms with Crippen LogP contribution in [0.15, 0.2) is 90.2 Å². The summed E-state index contributed by atoms with van der Waals surface area (Å²) >= 11 is 0. The zero-order chi connectivity index (χ0) is 25.9. The molecular formula is C30H32N4O3. The van der Waals surface area contributed by atoms with Crippen LogP contribution in [0.5, 0.6) is 11.5 Å². The average molecular weight is 497 g/mol. The van der Waals surface area contributed by atoms with Gasteiger partial charge in [0.15, 0.2) is 0 Å². The zero-order valence-corrected chi connectivity index (χ0v) is 21.3. The SMILES string of the molecule is CCCCOc1ccc(C(=O)N/N=C/c2cn(-c3ccccc3)nc2-c2ccc(OCCC)cc2)cc1. The molecule has 4 aromatic rings. The number of aromatic nitrogens is 2. The fourth-order valence-corrected chi connectivity index (χ4v) is 3.61. The number of benzene rings is 3. The largest absolute Gasteiger partial charge is 0.494 e. The van der Waals surface area contributed by atoms with Crippen molar-refractivity contribution in [2.75, 3.05) is 13.2 Å². The van der Waals surface area contributed by atoms with Gasteiger partial charge in [0.05, 0.1) is 25.1 Å². The predicted molar refractivity (Wildman–Crippen MR) is 147 cm³/mol. The molecule has 0 aliphatic rings. The third-order valence-electron chi connectivity index (χ3n) is 5.62. The molecule has 0 aliphatic heterocycles. The van der Waals surface area contributed by atoms with Crippen molar-refractivity contribution in [3.05, 3.63) is 96.2 Å². The van der Waals surface area contributed by atoms with Crippen molar-refractivity contribution in [3.63, 3.8) is 0 Å². The van der Waals surface area contributed by atoms with E-state index in [1.165, 1.54) is 0 Å². The number of unbranched alkanes of at least 4 members (excludes halogenated alkanes) is 1. The van der Waals surface area contributed by atoms with E-state index in [1.54, 1.807) is 35.2 Å². The third-order valence-corrected chi connectivity index (χ3v) is 5.62. The standard InChI is InChI=1S/C30H32N4O3/c1-3-5-20-37-28-17-13-24(14-18-28)30(35)32-31-21-25-22-34(26-9-7-6-8-10-26)33-29(25)23-11-15-27(16-12-23)36-19-4-2/h6-18,21-22H,3-5,19-20H2,1-2H3,(H,32,35)/b31-21+. The Morgan fingerprint density at radius 3 is 2.24 bits per heavy atom. The summed E-state index contributed by atoms with van der Waals surface area (Å²) in [6.07, 6.45) is 6.53. The van der Waals surface area contributed by atoms with E-state index in [0.717, 1.165) is 53.3 Å². The molecule has 0 aliphatic carbocycles. The van der Waals surface area contributed by atoms with E-state index in [9.17, 15) is 4.79 Å². The van der Waals surface area contributed by atoms with Crippen molar-refractivity contribution >= 4 is 12.1 Å². The van der Waals surface area contributed by atoms with Gasteiger partial charge in [-0.25, -0.2) is 10.1 Å². The Hall–Kier alpha value is -4.39. The van der Waals surface area contributed by atoms with E-state index in [1.807, 2.05) is 60.8 Å². The monoisotopic (exact) mass is 496 g/mol. The summed E-state index contributed by atoms with van der Waals surface area (Å²) in [5.41, 5.74) is 6.48. The number of hydrazone groups is 1. The highest BCUT2D eigenvalue weighted by Crippen LogP contribution is 2.25. The lowest BCUT2D eigenvalue weighted by molar-refractivity contribution is 0.0955. The first-order chi connectivity index (χ1) is 18.2. The van der Waals surface area contributed by atoms with Crippen LogP contribution in [0.4, 0.5) is 0 Å². The highest BCUT2D eigenvalue weighted by atomic mass is 16.5. The summed E-state index contributed by atoms with van der Waals surface area (Å²) in [6, 6.07) is 24.7. The van der Waals surface area contributed by atoms with E-state index in [4.69, 9.17) is 14.6 Å². The lowest BCUT2D eigenvalue weighted by Gasteiger charge is -2.06. The molecule has 1 amide bonds. The van der Waals surface area contributed by atoms with Crippen LogP contribution in [-0.4, -0.2) is 35.1 Å². The second-order valence-corrected chi connectivity index (χ2v) is 8.51. The molecule has 0 radical (unpaired) electrons. The number of amides is 1. The molecule has 190 valence electrons. The van der Waals surface area contributed by atoms with E-state index >= 15 is 0 Å². The Morgan fingerprint density at radius 1 is 0.892 bits per heavy atom. The van der Waals surface area contributed by atoms with Crippen LogP contribution in [0.1, 0.15) is 49.0 Å². The molecule has 4 rings (SSSR count). The number of hydrogen-bond donors (Lipinski definition) is 1. The van der Waals surface area contributed by atoms with Gasteiger partial charge in [-0.3, -0.25) is 4.79 Å². The summed E-state index contributed by atoms with van der Waals surface area (Å²) in [7, 11) is 0.